The van der Waals surface area contributed by atoms with Crippen LogP contribution in [-0.4, -0.2) is 36.0 Å². The van der Waals surface area contributed by atoms with Gasteiger partial charge in [0.05, 0.1) is 4.92 Å². The first kappa shape index (κ1) is 21.0. The predicted molar refractivity (Wildman–Crippen MR) is 123 cm³/mol. The van der Waals surface area contributed by atoms with E-state index < -0.39 is 4.92 Å². The number of aryl methyl sites for hydroxylation is 2. The molecule has 1 unspecified atom stereocenters. The number of rotatable bonds is 5. The van der Waals surface area contributed by atoms with Gasteiger partial charge in [0.2, 0.25) is 0 Å². The second-order valence-electron chi connectivity index (χ2n) is 8.03. The zero-order valence-electron chi connectivity index (χ0n) is 18.4. The van der Waals surface area contributed by atoms with Crippen molar-refractivity contribution >= 4 is 28.4 Å². The number of nitro groups is 1. The number of nitrogens with one attached hydrogen (secondary N) is 1. The van der Waals surface area contributed by atoms with Crippen LogP contribution >= 0.6 is 0 Å². The molecule has 10 heteroatoms. The van der Waals surface area contributed by atoms with Gasteiger partial charge in [0.1, 0.15) is 35.4 Å². The molecule has 0 radical (unpaired) electrons. The lowest BCUT2D eigenvalue weighted by Gasteiger charge is -2.24. The molecule has 1 aliphatic rings. The third-order valence-corrected chi connectivity index (χ3v) is 5.84. The van der Waals surface area contributed by atoms with Gasteiger partial charge in [-0.15, -0.1) is 0 Å². The Morgan fingerprint density at radius 2 is 2.06 bits per heavy atom. The van der Waals surface area contributed by atoms with E-state index in [-0.39, 0.29) is 11.9 Å². The second-order valence-corrected chi connectivity index (χ2v) is 8.03. The summed E-state index contributed by atoms with van der Waals surface area (Å²) in [5, 5.41) is 14.5. The van der Waals surface area contributed by atoms with E-state index in [1.165, 1.54) is 18.5 Å². The molecule has 168 valence electrons. The Hall–Kier alpha value is -3.92. The number of fused-ring (bicyclic) bond motifs is 1. The number of aromatic nitrogens is 5. The van der Waals surface area contributed by atoms with Gasteiger partial charge in [-0.05, 0) is 50.8 Å². The molecule has 4 aromatic rings. The van der Waals surface area contributed by atoms with Crippen molar-refractivity contribution in [2.24, 2.45) is 0 Å². The third-order valence-electron chi connectivity index (χ3n) is 5.84. The number of nitro benzene ring substituents is 1. The minimum Gasteiger partial charge on any atom is -0.358 e. The molecule has 0 bridgehead atoms. The fraction of sp³-hybridized carbons (Fsp3) is 0.304. The van der Waals surface area contributed by atoms with Crippen LogP contribution in [0.3, 0.4) is 0 Å². The van der Waals surface area contributed by atoms with Crippen LogP contribution in [-0.2, 0) is 4.74 Å². The van der Waals surface area contributed by atoms with Gasteiger partial charge < -0.3 is 10.1 Å². The predicted octanol–water partition coefficient (Wildman–Crippen LogP) is 4.86. The molecule has 1 atom stereocenters. The maximum atomic E-state index is 11.2. The lowest BCUT2D eigenvalue weighted by Crippen LogP contribution is -2.19. The van der Waals surface area contributed by atoms with Crippen LogP contribution in [0.2, 0.25) is 0 Å². The molecule has 3 aromatic heterocycles. The van der Waals surface area contributed by atoms with Crippen LogP contribution in [0.25, 0.3) is 22.4 Å². The normalized spacial score (nSPS) is 16.1. The van der Waals surface area contributed by atoms with Gasteiger partial charge in [-0.25, -0.2) is 19.9 Å². The van der Waals surface area contributed by atoms with Crippen LogP contribution in [0.5, 0.6) is 0 Å². The summed E-state index contributed by atoms with van der Waals surface area (Å²) >= 11 is 0. The second kappa shape index (κ2) is 8.55. The van der Waals surface area contributed by atoms with Gasteiger partial charge >= 0.3 is 0 Å². The summed E-state index contributed by atoms with van der Waals surface area (Å²) in [6.45, 7) is 4.55. The van der Waals surface area contributed by atoms with Crippen molar-refractivity contribution in [2.75, 3.05) is 11.9 Å². The Labute approximate surface area is 189 Å². The van der Waals surface area contributed by atoms with Crippen molar-refractivity contribution < 1.29 is 9.66 Å². The lowest BCUT2D eigenvalue weighted by molar-refractivity contribution is -0.384. The molecular weight excluding hydrogens is 422 g/mol. The van der Waals surface area contributed by atoms with Crippen LogP contribution in [0.4, 0.5) is 17.2 Å². The van der Waals surface area contributed by atoms with Crippen LogP contribution in [0.15, 0.2) is 42.9 Å². The first-order valence-corrected chi connectivity index (χ1v) is 10.8. The molecule has 33 heavy (non-hydrogen) atoms. The highest BCUT2D eigenvalue weighted by atomic mass is 16.6. The number of hydrogen-bond acceptors (Lipinski definition) is 8. The maximum Gasteiger partial charge on any atom is 0.271 e. The number of imidazole rings is 1. The Balaban J connectivity index is 1.60. The van der Waals surface area contributed by atoms with E-state index in [0.717, 1.165) is 42.8 Å². The minimum atomic E-state index is -0.416. The molecular formula is C23H23N7O3. The van der Waals surface area contributed by atoms with E-state index in [0.29, 0.717) is 28.4 Å². The lowest BCUT2D eigenvalue weighted by atomic mass is 10.1. The number of hydrogen-bond donors (Lipinski definition) is 1. The summed E-state index contributed by atoms with van der Waals surface area (Å²) in [7, 11) is 0. The maximum absolute atomic E-state index is 11.2. The van der Waals surface area contributed by atoms with E-state index in [1.54, 1.807) is 12.3 Å². The van der Waals surface area contributed by atoms with Gasteiger partial charge in [-0.1, -0.05) is 6.07 Å². The van der Waals surface area contributed by atoms with Gasteiger partial charge in [-0.3, -0.25) is 14.7 Å². The molecule has 4 heterocycles. The molecule has 1 aromatic carbocycles. The summed E-state index contributed by atoms with van der Waals surface area (Å²) < 4.78 is 8.02. The summed E-state index contributed by atoms with van der Waals surface area (Å²) in [6.07, 6.45) is 6.16. The van der Waals surface area contributed by atoms with Crippen LogP contribution < -0.4 is 5.32 Å². The summed E-state index contributed by atoms with van der Waals surface area (Å²) in [5.41, 5.74) is 4.21. The molecule has 0 amide bonds. The SMILES string of the molecule is Cc1ccc([N+](=O)[O-])cc1Nc1ncccc1-c1ncnc2c1nc(C)n2C1CCCCO1. The molecule has 1 N–H and O–H groups in total. The number of benzene rings is 1. The number of ether oxygens (including phenoxy) is 1. The van der Waals surface area contributed by atoms with Gasteiger partial charge in [-0.2, -0.15) is 0 Å². The summed E-state index contributed by atoms with van der Waals surface area (Å²) in [4.78, 5) is 29.1. The number of pyridine rings is 1. The minimum absolute atomic E-state index is 0.00635. The van der Waals surface area contributed by atoms with Gasteiger partial charge in [0.25, 0.3) is 5.69 Å². The largest absolute Gasteiger partial charge is 0.358 e. The molecule has 5 rings (SSSR count). The molecule has 0 saturated carbocycles. The molecule has 1 saturated heterocycles. The fourth-order valence-electron chi connectivity index (χ4n) is 4.17. The highest BCUT2D eigenvalue weighted by Crippen LogP contribution is 2.35. The zero-order chi connectivity index (χ0) is 22.9. The monoisotopic (exact) mass is 445 g/mol. The Kier molecular flexibility index (Phi) is 5.43. The van der Waals surface area contributed by atoms with Crippen molar-refractivity contribution in [3.63, 3.8) is 0 Å². The van der Waals surface area contributed by atoms with E-state index in [9.17, 15) is 10.1 Å². The zero-order valence-corrected chi connectivity index (χ0v) is 18.4. The van der Waals surface area contributed by atoms with Gasteiger partial charge in [0, 0.05) is 36.2 Å². The standard InChI is InChI=1S/C23H23N7O3/c1-14-8-9-16(30(31)32)12-18(14)28-22-17(6-5-10-24-22)20-21-23(26-13-25-20)29(15(2)27-21)19-7-3-4-11-33-19/h5-6,8-10,12-13,19H,3-4,7,11H2,1-2H3,(H,24,28). The van der Waals surface area contributed by atoms with Crippen molar-refractivity contribution in [1.29, 1.82) is 0 Å². The van der Waals surface area contributed by atoms with Crippen molar-refractivity contribution in [2.45, 2.75) is 39.3 Å². The van der Waals surface area contributed by atoms with E-state index in [1.807, 2.05) is 30.5 Å². The average molecular weight is 445 g/mol. The van der Waals surface area contributed by atoms with Crippen molar-refractivity contribution in [3.8, 4) is 11.3 Å². The van der Waals surface area contributed by atoms with Crippen molar-refractivity contribution in [1.82, 2.24) is 24.5 Å². The smallest absolute Gasteiger partial charge is 0.271 e. The van der Waals surface area contributed by atoms with Crippen LogP contribution in [0, 0.1) is 24.0 Å². The Morgan fingerprint density at radius 3 is 2.85 bits per heavy atom. The topological polar surface area (TPSA) is 121 Å². The molecule has 0 spiro atoms. The number of nitrogens with zero attached hydrogens (tertiary/aromatic N) is 6. The average Bonchev–Trinajstić information content (AvgIpc) is 3.17. The first-order valence-electron chi connectivity index (χ1n) is 10.8. The molecule has 1 aliphatic heterocycles. The highest BCUT2D eigenvalue weighted by molar-refractivity contribution is 5.92. The van der Waals surface area contributed by atoms with Crippen molar-refractivity contribution in [3.05, 3.63) is 64.4 Å². The highest BCUT2D eigenvalue weighted by Gasteiger charge is 2.24. The molecule has 0 aliphatic carbocycles. The first-order chi connectivity index (χ1) is 16.0. The summed E-state index contributed by atoms with van der Waals surface area (Å²) in [5.74, 6) is 1.34. The quantitative estimate of drug-likeness (QED) is 0.342. The van der Waals surface area contributed by atoms with E-state index in [2.05, 4.69) is 20.3 Å². The summed E-state index contributed by atoms with van der Waals surface area (Å²) in [6, 6.07) is 8.42. The molecule has 10 nitrogen and oxygen atoms in total. The third kappa shape index (κ3) is 3.89. The Morgan fingerprint density at radius 1 is 1.18 bits per heavy atom. The Bertz CT molecular complexity index is 1350. The number of anilines is 2. The van der Waals surface area contributed by atoms with E-state index in [4.69, 9.17) is 9.72 Å². The molecule has 1 fully saturated rings. The number of non-ortho nitro benzene ring substituents is 1. The van der Waals surface area contributed by atoms with E-state index >= 15 is 0 Å². The van der Waals surface area contributed by atoms with Gasteiger partial charge in [0.15, 0.2) is 5.65 Å². The van der Waals surface area contributed by atoms with Crippen LogP contribution in [0.1, 0.15) is 36.9 Å². The fourth-order valence-corrected chi connectivity index (χ4v) is 4.17.